The monoisotopic (exact) mass is 366 g/mol. The third-order valence-electron chi connectivity index (χ3n) is 4.82. The van der Waals surface area contributed by atoms with Crippen LogP contribution in [0.4, 0.5) is 10.3 Å². The van der Waals surface area contributed by atoms with Crippen molar-refractivity contribution in [3.05, 3.63) is 59.9 Å². The number of hydrogen-bond donors (Lipinski definition) is 2. The van der Waals surface area contributed by atoms with Crippen LogP contribution in [0.15, 0.2) is 42.7 Å². The fourth-order valence-electron chi connectivity index (χ4n) is 3.50. The molecule has 1 fully saturated rings. The number of hydrogen-bond acceptors (Lipinski definition) is 5. The van der Waals surface area contributed by atoms with Crippen molar-refractivity contribution in [1.29, 1.82) is 0 Å². The second-order valence-electron chi connectivity index (χ2n) is 6.59. The maximum Gasteiger partial charge on any atom is 0.271 e. The second kappa shape index (κ2) is 7.14. The molecule has 3 aromatic rings. The van der Waals surface area contributed by atoms with Gasteiger partial charge in [-0.05, 0) is 36.6 Å². The number of halogens is 1. The molecule has 3 heterocycles. The van der Waals surface area contributed by atoms with Gasteiger partial charge in [0.25, 0.3) is 5.91 Å². The van der Waals surface area contributed by atoms with E-state index in [1.807, 2.05) is 0 Å². The number of nitrogen functional groups attached to an aromatic ring is 1. The van der Waals surface area contributed by atoms with Gasteiger partial charge in [-0.2, -0.15) is 5.10 Å². The van der Waals surface area contributed by atoms with E-state index in [2.05, 4.69) is 20.2 Å². The summed E-state index contributed by atoms with van der Waals surface area (Å²) in [4.78, 5) is 23.0. The molecule has 0 bridgehead atoms. The van der Waals surface area contributed by atoms with Crippen molar-refractivity contribution in [2.24, 2.45) is 0 Å². The number of benzene rings is 1. The van der Waals surface area contributed by atoms with E-state index in [0.717, 1.165) is 29.7 Å². The summed E-state index contributed by atoms with van der Waals surface area (Å²) in [6.07, 6.45) is 4.97. The Bertz CT molecular complexity index is 941. The van der Waals surface area contributed by atoms with Gasteiger partial charge < -0.3 is 10.6 Å². The van der Waals surface area contributed by atoms with Gasteiger partial charge in [0.2, 0.25) is 5.95 Å². The average Bonchev–Trinajstić information content (AvgIpc) is 3.23. The van der Waals surface area contributed by atoms with Crippen molar-refractivity contribution in [3.63, 3.8) is 0 Å². The molecule has 1 saturated heterocycles. The predicted molar refractivity (Wildman–Crippen MR) is 98.3 cm³/mol. The van der Waals surface area contributed by atoms with Crippen molar-refractivity contribution in [3.8, 4) is 11.1 Å². The van der Waals surface area contributed by atoms with Crippen molar-refractivity contribution in [2.75, 3.05) is 18.8 Å². The molecule has 2 aromatic heterocycles. The molecule has 0 spiro atoms. The minimum Gasteiger partial charge on any atom is -0.368 e. The lowest BCUT2D eigenvalue weighted by atomic mass is 9.90. The number of rotatable bonds is 3. The molecule has 3 N–H and O–H groups in total. The first-order chi connectivity index (χ1) is 13.1. The first-order valence-electron chi connectivity index (χ1n) is 8.79. The highest BCUT2D eigenvalue weighted by molar-refractivity contribution is 5.92. The molecule has 1 amide bonds. The van der Waals surface area contributed by atoms with Crippen LogP contribution in [0.2, 0.25) is 0 Å². The number of aromatic nitrogens is 4. The smallest absolute Gasteiger partial charge is 0.271 e. The third kappa shape index (κ3) is 3.51. The number of amides is 1. The largest absolute Gasteiger partial charge is 0.368 e. The fraction of sp³-hybridized carbons (Fsp3) is 0.263. The number of aromatic amines is 1. The Labute approximate surface area is 155 Å². The molecule has 7 nitrogen and oxygen atoms in total. The van der Waals surface area contributed by atoms with Crippen LogP contribution in [0, 0.1) is 5.82 Å². The number of nitrogens with two attached hydrogens (primary N) is 1. The molecule has 1 aromatic carbocycles. The number of nitrogens with one attached hydrogen (secondary N) is 1. The first kappa shape index (κ1) is 17.1. The van der Waals surface area contributed by atoms with Crippen LogP contribution < -0.4 is 5.73 Å². The number of nitrogens with zero attached hydrogens (tertiary/aromatic N) is 4. The third-order valence-corrected chi connectivity index (χ3v) is 4.82. The van der Waals surface area contributed by atoms with Crippen molar-refractivity contribution >= 4 is 11.9 Å². The Balaban J connectivity index is 1.65. The molecule has 0 unspecified atom stereocenters. The Morgan fingerprint density at radius 3 is 2.81 bits per heavy atom. The second-order valence-corrected chi connectivity index (χ2v) is 6.59. The highest BCUT2D eigenvalue weighted by Crippen LogP contribution is 2.33. The maximum atomic E-state index is 13.3. The molecule has 27 heavy (non-hydrogen) atoms. The van der Waals surface area contributed by atoms with Crippen LogP contribution in [0.25, 0.3) is 11.1 Å². The van der Waals surface area contributed by atoms with E-state index >= 15 is 0 Å². The van der Waals surface area contributed by atoms with Gasteiger partial charge in [0.05, 0.1) is 5.69 Å². The number of piperidine rings is 1. The van der Waals surface area contributed by atoms with Gasteiger partial charge >= 0.3 is 0 Å². The lowest BCUT2D eigenvalue weighted by molar-refractivity contribution is 0.0700. The maximum absolute atomic E-state index is 13.3. The quantitative estimate of drug-likeness (QED) is 0.742. The summed E-state index contributed by atoms with van der Waals surface area (Å²) in [5, 5.41) is 6.57. The van der Waals surface area contributed by atoms with Crippen LogP contribution in [-0.4, -0.2) is 44.1 Å². The summed E-state index contributed by atoms with van der Waals surface area (Å²) in [6.45, 7) is 1.21. The molecule has 0 aliphatic carbocycles. The molecule has 0 radical (unpaired) electrons. The minimum absolute atomic E-state index is 0.0241. The number of H-pyrrole nitrogens is 1. The van der Waals surface area contributed by atoms with E-state index < -0.39 is 0 Å². The molecule has 8 heteroatoms. The number of likely N-dealkylation sites (tertiary alicyclic amines) is 1. The molecule has 1 aliphatic heterocycles. The summed E-state index contributed by atoms with van der Waals surface area (Å²) in [7, 11) is 0. The van der Waals surface area contributed by atoms with E-state index in [4.69, 9.17) is 5.73 Å². The van der Waals surface area contributed by atoms with Gasteiger partial charge in [-0.25, -0.2) is 14.4 Å². The van der Waals surface area contributed by atoms with Crippen LogP contribution in [-0.2, 0) is 0 Å². The summed E-state index contributed by atoms with van der Waals surface area (Å²) in [6, 6.07) is 7.88. The topological polar surface area (TPSA) is 101 Å². The van der Waals surface area contributed by atoms with E-state index in [9.17, 15) is 9.18 Å². The molecule has 138 valence electrons. The molecular formula is C19H19FN6O. The molecule has 1 aliphatic rings. The fourth-order valence-corrected chi connectivity index (χ4v) is 3.50. The predicted octanol–water partition coefficient (Wildman–Crippen LogP) is 2.61. The summed E-state index contributed by atoms with van der Waals surface area (Å²) >= 11 is 0. The van der Waals surface area contributed by atoms with Gasteiger partial charge in [0.1, 0.15) is 11.5 Å². The van der Waals surface area contributed by atoms with Gasteiger partial charge in [0.15, 0.2) is 0 Å². The average molecular weight is 366 g/mol. The number of anilines is 1. The van der Waals surface area contributed by atoms with E-state index in [1.165, 1.54) is 12.1 Å². The van der Waals surface area contributed by atoms with Crippen molar-refractivity contribution in [1.82, 2.24) is 25.1 Å². The Morgan fingerprint density at radius 2 is 2.07 bits per heavy atom. The molecular weight excluding hydrogens is 347 g/mol. The zero-order chi connectivity index (χ0) is 18.8. The molecule has 0 saturated carbocycles. The van der Waals surface area contributed by atoms with Crippen molar-refractivity contribution in [2.45, 2.75) is 18.8 Å². The minimum atomic E-state index is -0.300. The van der Waals surface area contributed by atoms with Crippen LogP contribution >= 0.6 is 0 Å². The van der Waals surface area contributed by atoms with E-state index in [-0.39, 0.29) is 23.6 Å². The standard InChI is InChI=1S/C19H19FN6O/c20-14-5-3-12(4-6-14)15-10-22-19(21)24-17(15)13-2-1-9-26(11-13)18(27)16-7-8-23-25-16/h3-8,10,13H,1-2,9,11H2,(H,23,25)(H2,21,22,24)/t13-/m1/s1. The van der Waals surface area contributed by atoms with E-state index in [1.54, 1.807) is 35.5 Å². The number of carbonyl (C=O) groups excluding carboxylic acids is 1. The zero-order valence-electron chi connectivity index (χ0n) is 14.6. The van der Waals surface area contributed by atoms with Gasteiger partial charge in [-0.1, -0.05) is 12.1 Å². The molecule has 4 rings (SSSR count). The van der Waals surface area contributed by atoms with Gasteiger partial charge in [-0.3, -0.25) is 9.89 Å². The first-order valence-corrected chi connectivity index (χ1v) is 8.79. The molecule has 1 atom stereocenters. The van der Waals surface area contributed by atoms with Gasteiger partial charge in [-0.15, -0.1) is 0 Å². The summed E-state index contributed by atoms with van der Waals surface area (Å²) in [5.41, 5.74) is 8.72. The Morgan fingerprint density at radius 1 is 1.26 bits per heavy atom. The van der Waals surface area contributed by atoms with Crippen LogP contribution in [0.3, 0.4) is 0 Å². The van der Waals surface area contributed by atoms with Gasteiger partial charge in [0, 0.05) is 37.0 Å². The SMILES string of the molecule is Nc1ncc(-c2ccc(F)cc2)c([C@@H]2CCCN(C(=O)c3ccn[nH]3)C2)n1. The lowest BCUT2D eigenvalue weighted by Crippen LogP contribution is -2.39. The van der Waals surface area contributed by atoms with Crippen LogP contribution in [0.5, 0.6) is 0 Å². The van der Waals surface area contributed by atoms with Crippen LogP contribution in [0.1, 0.15) is 34.9 Å². The summed E-state index contributed by atoms with van der Waals surface area (Å²) < 4.78 is 13.3. The lowest BCUT2D eigenvalue weighted by Gasteiger charge is -2.33. The highest BCUT2D eigenvalue weighted by Gasteiger charge is 2.29. The zero-order valence-corrected chi connectivity index (χ0v) is 14.6. The highest BCUT2D eigenvalue weighted by atomic mass is 19.1. The van der Waals surface area contributed by atoms with E-state index in [0.29, 0.717) is 18.8 Å². The Hall–Kier alpha value is -3.29. The summed E-state index contributed by atoms with van der Waals surface area (Å²) in [5.74, 6) is -0.169. The normalized spacial score (nSPS) is 17.1. The van der Waals surface area contributed by atoms with Crippen molar-refractivity contribution < 1.29 is 9.18 Å². The Kier molecular flexibility index (Phi) is 4.53. The number of carbonyl (C=O) groups is 1.